The second-order valence-corrected chi connectivity index (χ2v) is 7.45. The number of carboxylic acids is 1. The molecule has 0 unspecified atom stereocenters. The second kappa shape index (κ2) is 7.63. The predicted molar refractivity (Wildman–Crippen MR) is 123 cm³/mol. The van der Waals surface area contributed by atoms with Gasteiger partial charge in [0, 0.05) is 34.0 Å². The maximum Gasteiger partial charge on any atom is 0.335 e. The Labute approximate surface area is 183 Å². The molecule has 0 spiro atoms. The first kappa shape index (κ1) is 19.4. The predicted octanol–water partition coefficient (Wildman–Crippen LogP) is 4.71. The van der Waals surface area contributed by atoms with E-state index < -0.39 is 5.97 Å². The first-order chi connectivity index (χ1) is 15.5. The van der Waals surface area contributed by atoms with E-state index in [1.807, 2.05) is 55.5 Å². The Bertz CT molecular complexity index is 1460. The number of hydrogen-bond acceptors (Lipinski definition) is 5. The minimum absolute atomic E-state index is 0.191. The molecule has 0 aliphatic carbocycles. The molecule has 3 heterocycles. The van der Waals surface area contributed by atoms with Crippen molar-refractivity contribution in [2.75, 3.05) is 5.73 Å². The van der Waals surface area contributed by atoms with Gasteiger partial charge in [0.2, 0.25) is 0 Å². The van der Waals surface area contributed by atoms with Gasteiger partial charge in [0.25, 0.3) is 0 Å². The van der Waals surface area contributed by atoms with Crippen LogP contribution in [0.2, 0.25) is 0 Å². The zero-order chi connectivity index (χ0) is 22.2. The molecule has 0 saturated carbocycles. The molecule has 2 aromatic carbocycles. The van der Waals surface area contributed by atoms with Gasteiger partial charge in [-0.3, -0.25) is 4.98 Å². The van der Waals surface area contributed by atoms with Crippen molar-refractivity contribution in [3.05, 3.63) is 90.3 Å². The summed E-state index contributed by atoms with van der Waals surface area (Å²) in [4.78, 5) is 20.8. The van der Waals surface area contributed by atoms with Crippen molar-refractivity contribution in [3.63, 3.8) is 0 Å². The third kappa shape index (κ3) is 3.26. The molecular weight excluding hydrogens is 402 g/mol. The lowest BCUT2D eigenvalue weighted by Crippen LogP contribution is -2.06. The Morgan fingerprint density at radius 1 is 0.938 bits per heavy atom. The smallest absolute Gasteiger partial charge is 0.335 e. The molecule has 0 saturated heterocycles. The maximum atomic E-state index is 11.4. The number of nitrogens with zero attached hydrogens (tertiary/aromatic N) is 4. The maximum absolute atomic E-state index is 11.4. The van der Waals surface area contributed by atoms with E-state index in [1.54, 1.807) is 35.1 Å². The van der Waals surface area contributed by atoms with E-state index in [-0.39, 0.29) is 5.56 Å². The summed E-state index contributed by atoms with van der Waals surface area (Å²) in [5.41, 5.74) is 12.7. The molecule has 0 aliphatic rings. The Morgan fingerprint density at radius 3 is 2.44 bits per heavy atom. The van der Waals surface area contributed by atoms with Gasteiger partial charge in [0.15, 0.2) is 5.65 Å². The molecule has 5 rings (SSSR count). The Balaban J connectivity index is 1.63. The van der Waals surface area contributed by atoms with Crippen LogP contribution in [-0.4, -0.2) is 30.7 Å². The van der Waals surface area contributed by atoms with Crippen molar-refractivity contribution in [2.24, 2.45) is 0 Å². The fourth-order valence-electron chi connectivity index (χ4n) is 3.71. The average molecular weight is 421 g/mol. The van der Waals surface area contributed by atoms with Crippen molar-refractivity contribution < 1.29 is 9.90 Å². The monoisotopic (exact) mass is 421 g/mol. The van der Waals surface area contributed by atoms with E-state index in [1.165, 1.54) is 0 Å². The summed E-state index contributed by atoms with van der Waals surface area (Å²) in [5, 5.41) is 13.8. The molecule has 0 atom stereocenters. The molecule has 0 amide bonds. The highest BCUT2D eigenvalue weighted by atomic mass is 16.4. The van der Waals surface area contributed by atoms with Gasteiger partial charge in [-0.15, -0.1) is 0 Å². The first-order valence-electron chi connectivity index (χ1n) is 10.0. The molecule has 0 radical (unpaired) electrons. The molecule has 0 fully saturated rings. The zero-order valence-corrected chi connectivity index (χ0v) is 17.2. The van der Waals surface area contributed by atoms with Crippen molar-refractivity contribution in [2.45, 2.75) is 6.92 Å². The summed E-state index contributed by atoms with van der Waals surface area (Å²) >= 11 is 0. The van der Waals surface area contributed by atoms with Crippen molar-refractivity contribution in [1.29, 1.82) is 0 Å². The summed E-state index contributed by atoms with van der Waals surface area (Å²) in [5.74, 6) is -0.543. The molecule has 3 N–H and O–H groups in total. The Hall–Kier alpha value is -4.52. The highest BCUT2D eigenvalue weighted by molar-refractivity contribution is 5.90. The van der Waals surface area contributed by atoms with E-state index in [9.17, 15) is 9.90 Å². The van der Waals surface area contributed by atoms with E-state index in [4.69, 9.17) is 10.7 Å². The third-order valence-corrected chi connectivity index (χ3v) is 5.46. The van der Waals surface area contributed by atoms with E-state index >= 15 is 0 Å². The van der Waals surface area contributed by atoms with Crippen molar-refractivity contribution >= 4 is 17.4 Å². The van der Waals surface area contributed by atoms with Gasteiger partial charge in [0.1, 0.15) is 5.82 Å². The Kier molecular flexibility index (Phi) is 4.63. The number of nitrogens with two attached hydrogens (primary N) is 1. The van der Waals surface area contributed by atoms with Crippen LogP contribution in [0.5, 0.6) is 0 Å². The number of nitrogen functional groups attached to an aromatic ring is 1. The lowest BCUT2D eigenvalue weighted by atomic mass is 10.0. The van der Waals surface area contributed by atoms with E-state index in [0.717, 1.165) is 27.9 Å². The van der Waals surface area contributed by atoms with Gasteiger partial charge in [-0.05, 0) is 25.1 Å². The van der Waals surface area contributed by atoms with Gasteiger partial charge >= 0.3 is 5.97 Å². The van der Waals surface area contributed by atoms with Crippen molar-refractivity contribution in [3.8, 4) is 33.6 Å². The number of carbonyl (C=O) groups is 1. The lowest BCUT2D eigenvalue weighted by Gasteiger charge is -2.11. The van der Waals surface area contributed by atoms with Crippen LogP contribution in [0.1, 0.15) is 15.9 Å². The second-order valence-electron chi connectivity index (χ2n) is 7.45. The molecule has 3 aromatic heterocycles. The van der Waals surface area contributed by atoms with Gasteiger partial charge in [-0.1, -0.05) is 48.5 Å². The van der Waals surface area contributed by atoms with Crippen LogP contribution in [-0.2, 0) is 0 Å². The summed E-state index contributed by atoms with van der Waals surface area (Å²) in [6, 6.07) is 20.6. The van der Waals surface area contributed by atoms with Crippen LogP contribution < -0.4 is 5.73 Å². The van der Waals surface area contributed by atoms with Gasteiger partial charge in [0.05, 0.1) is 23.1 Å². The van der Waals surface area contributed by atoms with Crippen LogP contribution in [0.15, 0.2) is 79.1 Å². The quantitative estimate of drug-likeness (QED) is 0.435. The molecule has 7 nitrogen and oxygen atoms in total. The standard InChI is InChI=1S/C25H19N5O2/c1-15-22(17-8-5-9-18(12-17)25(31)32)29-24-20(14-28-30(24)23(15)26)19-10-11-21(27-13-19)16-6-3-2-4-7-16/h2-14H,26H2,1H3,(H,31,32). The van der Waals surface area contributed by atoms with Gasteiger partial charge < -0.3 is 10.8 Å². The number of pyridine rings is 1. The zero-order valence-electron chi connectivity index (χ0n) is 17.2. The molecule has 5 aromatic rings. The van der Waals surface area contributed by atoms with Crippen LogP contribution in [0.3, 0.4) is 0 Å². The summed E-state index contributed by atoms with van der Waals surface area (Å²) < 4.78 is 1.60. The number of rotatable bonds is 4. The topological polar surface area (TPSA) is 106 Å². The van der Waals surface area contributed by atoms with E-state index in [0.29, 0.717) is 22.7 Å². The number of benzene rings is 2. The lowest BCUT2D eigenvalue weighted by molar-refractivity contribution is 0.0697. The van der Waals surface area contributed by atoms with Crippen LogP contribution in [0.25, 0.3) is 39.3 Å². The molecular formula is C25H19N5O2. The van der Waals surface area contributed by atoms with Crippen molar-refractivity contribution in [1.82, 2.24) is 19.6 Å². The van der Waals surface area contributed by atoms with Gasteiger partial charge in [-0.25, -0.2) is 9.78 Å². The van der Waals surface area contributed by atoms with Gasteiger partial charge in [-0.2, -0.15) is 9.61 Å². The summed E-state index contributed by atoms with van der Waals surface area (Å²) in [6.07, 6.45) is 3.51. The highest BCUT2D eigenvalue weighted by Gasteiger charge is 2.17. The normalized spacial score (nSPS) is 11.0. The highest BCUT2D eigenvalue weighted by Crippen LogP contribution is 2.31. The molecule has 0 bridgehead atoms. The third-order valence-electron chi connectivity index (χ3n) is 5.46. The number of hydrogen-bond donors (Lipinski definition) is 2. The number of aromatic nitrogens is 4. The average Bonchev–Trinajstić information content (AvgIpc) is 3.26. The number of aromatic carboxylic acids is 1. The number of anilines is 1. The minimum Gasteiger partial charge on any atom is -0.478 e. The summed E-state index contributed by atoms with van der Waals surface area (Å²) in [7, 11) is 0. The Morgan fingerprint density at radius 2 is 1.72 bits per heavy atom. The SMILES string of the molecule is Cc1c(-c2cccc(C(=O)O)c2)nc2c(-c3ccc(-c4ccccc4)nc3)cnn2c1N. The fraction of sp³-hybridized carbons (Fsp3) is 0.0400. The van der Waals surface area contributed by atoms with Crippen LogP contribution in [0, 0.1) is 6.92 Å². The fourth-order valence-corrected chi connectivity index (χ4v) is 3.71. The largest absolute Gasteiger partial charge is 0.478 e. The molecule has 0 aliphatic heterocycles. The first-order valence-corrected chi connectivity index (χ1v) is 10.0. The number of carboxylic acid groups (broad SMARTS) is 1. The van der Waals surface area contributed by atoms with Crippen LogP contribution >= 0.6 is 0 Å². The molecule has 7 heteroatoms. The molecule has 32 heavy (non-hydrogen) atoms. The number of fused-ring (bicyclic) bond motifs is 1. The van der Waals surface area contributed by atoms with Crippen LogP contribution in [0.4, 0.5) is 5.82 Å². The molecule has 156 valence electrons. The minimum atomic E-state index is -0.992. The van der Waals surface area contributed by atoms with E-state index in [2.05, 4.69) is 10.1 Å². The summed E-state index contributed by atoms with van der Waals surface area (Å²) in [6.45, 7) is 1.85.